The van der Waals surface area contributed by atoms with Crippen molar-refractivity contribution in [3.05, 3.63) is 48.6 Å². The largest absolute Gasteiger partial charge is 0.472 e. The van der Waals surface area contributed by atoms with E-state index in [4.69, 9.17) is 23.3 Å². The molecule has 3 unspecified atom stereocenters. The monoisotopic (exact) mass is 1040 g/mol. The summed E-state index contributed by atoms with van der Waals surface area (Å²) in [4.78, 5) is 48.5. The van der Waals surface area contributed by atoms with Crippen LogP contribution in [-0.2, 0) is 42.2 Å². The average Bonchev–Trinajstić information content (AvgIpc) is 3.37. The van der Waals surface area contributed by atoms with Gasteiger partial charge in [0.05, 0.1) is 19.8 Å². The number of carbonyl (C=O) groups is 3. The zero-order valence-corrected chi connectivity index (χ0v) is 47.3. The summed E-state index contributed by atoms with van der Waals surface area (Å²) >= 11 is 0. The van der Waals surface area contributed by atoms with Crippen molar-refractivity contribution in [2.45, 2.75) is 290 Å². The van der Waals surface area contributed by atoms with E-state index in [9.17, 15) is 28.9 Å². The van der Waals surface area contributed by atoms with E-state index in [-0.39, 0.29) is 25.9 Å². The van der Waals surface area contributed by atoms with Gasteiger partial charge in [0.1, 0.15) is 12.7 Å². The summed E-state index contributed by atoms with van der Waals surface area (Å²) in [6, 6.07) is 0. The molecule has 72 heavy (non-hydrogen) atoms. The maximum atomic E-state index is 12.9. The van der Waals surface area contributed by atoms with E-state index in [0.29, 0.717) is 19.3 Å². The Morgan fingerprint density at radius 2 is 0.681 bits per heavy atom. The molecule has 0 heterocycles. The van der Waals surface area contributed by atoms with Gasteiger partial charge in [0.25, 0.3) is 0 Å². The molecule has 0 spiro atoms. The van der Waals surface area contributed by atoms with E-state index < -0.39 is 57.8 Å². The summed E-state index contributed by atoms with van der Waals surface area (Å²) in [5.74, 6) is -1.48. The first-order valence-corrected chi connectivity index (χ1v) is 31.0. The summed E-state index contributed by atoms with van der Waals surface area (Å²) in [5, 5.41) is 9.81. The Balaban J connectivity index is 4.73. The van der Waals surface area contributed by atoms with Crippen LogP contribution in [-0.4, -0.2) is 66.5 Å². The van der Waals surface area contributed by atoms with Gasteiger partial charge in [-0.1, -0.05) is 204 Å². The minimum absolute atomic E-state index is 0.157. The number of carbonyl (C=O) groups excluding carboxylic acids is 3. The molecule has 0 amide bonds. The van der Waals surface area contributed by atoms with Crippen molar-refractivity contribution in [2.24, 2.45) is 0 Å². The summed E-state index contributed by atoms with van der Waals surface area (Å²) in [6.07, 6.45) is 57.7. The molecule has 0 rings (SSSR count). The average molecular weight is 1040 g/mol. The van der Waals surface area contributed by atoms with Crippen LogP contribution < -0.4 is 0 Å². The zero-order valence-electron chi connectivity index (χ0n) is 46.4. The quantitative estimate of drug-likeness (QED) is 0.0197. The molecule has 0 aliphatic carbocycles. The number of hydrogen-bond donors (Lipinski definition) is 2. The first-order chi connectivity index (χ1) is 35.2. The number of aliphatic hydroxyl groups is 1. The molecule has 3 atom stereocenters. The van der Waals surface area contributed by atoms with Crippen LogP contribution in [0.25, 0.3) is 0 Å². The number of rotatable bonds is 55. The number of phosphoric acid groups is 1. The molecule has 420 valence electrons. The van der Waals surface area contributed by atoms with Crippen LogP contribution in [0.2, 0.25) is 0 Å². The summed E-state index contributed by atoms with van der Waals surface area (Å²) in [7, 11) is -4.75. The van der Waals surface area contributed by atoms with Crippen molar-refractivity contribution < 1.29 is 52.2 Å². The highest BCUT2D eigenvalue weighted by Crippen LogP contribution is 2.43. The maximum Gasteiger partial charge on any atom is 0.472 e. The Labute approximate surface area is 441 Å². The number of unbranched alkanes of at least 4 members (excludes halogenated alkanes) is 30. The fraction of sp³-hybridized carbons (Fsp3) is 0.817. The maximum absolute atomic E-state index is 12.9. The molecule has 0 saturated heterocycles. The molecule has 2 N–H and O–H groups in total. The predicted octanol–water partition coefficient (Wildman–Crippen LogP) is 17.4. The Morgan fingerprint density at radius 1 is 0.389 bits per heavy atom. The third-order valence-electron chi connectivity index (χ3n) is 12.7. The normalized spacial score (nSPS) is 13.7. The lowest BCUT2D eigenvalue weighted by molar-refractivity contribution is -0.161. The number of phosphoric ester groups is 1. The van der Waals surface area contributed by atoms with E-state index in [2.05, 4.69) is 69.4 Å². The number of aliphatic hydroxyl groups excluding tert-OH is 1. The lowest BCUT2D eigenvalue weighted by Gasteiger charge is -2.21. The molecule has 0 aromatic carbocycles. The van der Waals surface area contributed by atoms with Crippen molar-refractivity contribution in [1.82, 2.24) is 0 Å². The summed E-state index contributed by atoms with van der Waals surface area (Å²) in [5.41, 5.74) is 0. The molecule has 11 nitrogen and oxygen atoms in total. The number of allylic oxidation sites excluding steroid dienone is 8. The number of esters is 3. The minimum atomic E-state index is -4.75. The molecule has 12 heteroatoms. The Morgan fingerprint density at radius 3 is 1.08 bits per heavy atom. The second-order valence-corrected chi connectivity index (χ2v) is 21.3. The fourth-order valence-electron chi connectivity index (χ4n) is 8.14. The molecule has 0 fully saturated rings. The molecule has 0 aromatic rings. The second kappa shape index (κ2) is 54.7. The van der Waals surface area contributed by atoms with Gasteiger partial charge in [0.2, 0.25) is 0 Å². The van der Waals surface area contributed by atoms with Gasteiger partial charge in [-0.05, 0) is 103 Å². The number of ether oxygens (including phenoxy) is 3. The van der Waals surface area contributed by atoms with Crippen molar-refractivity contribution >= 4 is 25.7 Å². The smallest absolute Gasteiger partial charge is 0.462 e. The zero-order chi connectivity index (χ0) is 52.7. The standard InChI is InChI=1S/C60H109O11P/c1-4-7-10-13-16-19-22-25-27-28-30-32-34-37-40-43-46-49-58(62)67-53-57(71-60(64)51-48-45-42-39-36-33-29-26-23-20-17-14-11-8-5-2)55-69-72(65,66)68-54-56(52-61)70-59(63)50-47-44-41-38-35-31-24-21-18-15-12-9-6-3/h16,19,21,24-27,29,56-57,61H,4-15,17-18,20,22-23,28,30-55H2,1-3H3,(H,65,66)/b19-16-,24-21-,27-25-,29-26-. The third-order valence-corrected chi connectivity index (χ3v) is 13.6. The van der Waals surface area contributed by atoms with Crippen LogP contribution >= 0.6 is 7.82 Å². The van der Waals surface area contributed by atoms with E-state index in [1.807, 2.05) is 0 Å². The highest BCUT2D eigenvalue weighted by atomic mass is 31.2. The minimum Gasteiger partial charge on any atom is -0.462 e. The van der Waals surface area contributed by atoms with Crippen molar-refractivity contribution in [3.8, 4) is 0 Å². The molecule has 0 bridgehead atoms. The fourth-order valence-corrected chi connectivity index (χ4v) is 8.92. The third kappa shape index (κ3) is 52.3. The molecule has 0 radical (unpaired) electrons. The van der Waals surface area contributed by atoms with E-state index >= 15 is 0 Å². The van der Waals surface area contributed by atoms with Crippen LogP contribution in [0, 0.1) is 0 Å². The Kier molecular flexibility index (Phi) is 52.7. The van der Waals surface area contributed by atoms with Crippen LogP contribution in [0.3, 0.4) is 0 Å². The molecule has 0 saturated carbocycles. The topological polar surface area (TPSA) is 155 Å². The second-order valence-electron chi connectivity index (χ2n) is 19.8. The van der Waals surface area contributed by atoms with Crippen molar-refractivity contribution in [1.29, 1.82) is 0 Å². The van der Waals surface area contributed by atoms with Crippen LogP contribution in [0.1, 0.15) is 278 Å². The lowest BCUT2D eigenvalue weighted by Crippen LogP contribution is -2.30. The highest BCUT2D eigenvalue weighted by Gasteiger charge is 2.28. The van der Waals surface area contributed by atoms with Crippen LogP contribution in [0.15, 0.2) is 48.6 Å². The number of hydrogen-bond acceptors (Lipinski definition) is 10. The van der Waals surface area contributed by atoms with Gasteiger partial charge in [-0.2, -0.15) is 0 Å². The van der Waals surface area contributed by atoms with E-state index in [0.717, 1.165) is 109 Å². The molecule has 0 aliphatic rings. The van der Waals surface area contributed by atoms with Gasteiger partial charge in [0.15, 0.2) is 6.10 Å². The van der Waals surface area contributed by atoms with Crippen LogP contribution in [0.5, 0.6) is 0 Å². The van der Waals surface area contributed by atoms with Crippen molar-refractivity contribution in [3.63, 3.8) is 0 Å². The van der Waals surface area contributed by atoms with E-state index in [1.54, 1.807) is 0 Å². The Hall–Kier alpha value is -2.56. The first kappa shape index (κ1) is 69.4. The lowest BCUT2D eigenvalue weighted by atomic mass is 10.1. The first-order valence-electron chi connectivity index (χ1n) is 29.5. The van der Waals surface area contributed by atoms with Crippen molar-refractivity contribution in [2.75, 3.05) is 26.4 Å². The predicted molar refractivity (Wildman–Crippen MR) is 298 cm³/mol. The summed E-state index contributed by atoms with van der Waals surface area (Å²) in [6.45, 7) is 4.60. The summed E-state index contributed by atoms with van der Waals surface area (Å²) < 4.78 is 39.5. The van der Waals surface area contributed by atoms with Gasteiger partial charge in [-0.15, -0.1) is 0 Å². The SMILES string of the molecule is CCCCC/C=C\C/C=C\CCCCCCCCCC(=O)OCC(COP(=O)(O)OCC(CO)OC(=O)CCCCCCC/C=C\CCCCCC)OC(=O)CCCCCCC/C=C\CCCCCCCC. The molecule has 0 aliphatic heterocycles. The molecular formula is C60H109O11P. The van der Waals surface area contributed by atoms with Gasteiger partial charge in [0, 0.05) is 19.3 Å². The van der Waals surface area contributed by atoms with E-state index in [1.165, 1.54) is 109 Å². The highest BCUT2D eigenvalue weighted by molar-refractivity contribution is 7.47. The van der Waals surface area contributed by atoms with Gasteiger partial charge in [-0.25, -0.2) is 4.57 Å². The molecular weight excluding hydrogens is 928 g/mol. The van der Waals surface area contributed by atoms with Crippen LogP contribution in [0.4, 0.5) is 0 Å². The molecule has 0 aromatic heterocycles. The van der Waals surface area contributed by atoms with Gasteiger partial charge >= 0.3 is 25.7 Å². The Bertz CT molecular complexity index is 1400. The van der Waals surface area contributed by atoms with Gasteiger partial charge in [-0.3, -0.25) is 23.4 Å². The van der Waals surface area contributed by atoms with Gasteiger partial charge < -0.3 is 24.2 Å².